The molecule has 2 unspecified atom stereocenters. The second-order valence-corrected chi connectivity index (χ2v) is 5.99. The first-order valence-corrected chi connectivity index (χ1v) is 7.67. The summed E-state index contributed by atoms with van der Waals surface area (Å²) >= 11 is 1.62. The third kappa shape index (κ3) is 2.55. The molecule has 20 heavy (non-hydrogen) atoms. The van der Waals surface area contributed by atoms with Crippen LogP contribution >= 0.6 is 11.3 Å². The molecule has 0 saturated carbocycles. The zero-order valence-electron chi connectivity index (χ0n) is 11.5. The van der Waals surface area contributed by atoms with E-state index in [9.17, 15) is 4.39 Å². The van der Waals surface area contributed by atoms with E-state index in [1.807, 2.05) is 12.3 Å². The summed E-state index contributed by atoms with van der Waals surface area (Å²) in [6, 6.07) is 4.81. The Morgan fingerprint density at radius 1 is 1.50 bits per heavy atom. The highest BCUT2D eigenvalue weighted by Crippen LogP contribution is 2.41. The molecule has 0 radical (unpaired) electrons. The molecule has 1 aliphatic heterocycles. The van der Waals surface area contributed by atoms with Gasteiger partial charge in [-0.1, -0.05) is 6.92 Å². The molecular weight excluding hydrogens is 275 g/mol. The van der Waals surface area contributed by atoms with Crippen molar-refractivity contribution in [1.82, 2.24) is 10.3 Å². The highest BCUT2D eigenvalue weighted by atomic mass is 32.1. The molecule has 0 spiro atoms. The molecule has 2 atom stereocenters. The summed E-state index contributed by atoms with van der Waals surface area (Å²) in [5.74, 6) is 0.525. The van der Waals surface area contributed by atoms with Crippen LogP contribution in [-0.4, -0.2) is 11.5 Å². The van der Waals surface area contributed by atoms with Crippen molar-refractivity contribution in [1.29, 1.82) is 0 Å². The van der Waals surface area contributed by atoms with E-state index in [0.29, 0.717) is 0 Å². The predicted octanol–water partition coefficient (Wildman–Crippen LogP) is 3.77. The number of aryl methyl sites for hydroxylation is 1. The second kappa shape index (κ2) is 5.50. The van der Waals surface area contributed by atoms with Gasteiger partial charge in [-0.25, -0.2) is 9.37 Å². The summed E-state index contributed by atoms with van der Waals surface area (Å²) < 4.78 is 19.4. The Kier molecular flexibility index (Phi) is 3.72. The lowest BCUT2D eigenvalue weighted by molar-refractivity contribution is 0.148. The molecule has 1 aromatic carbocycles. The van der Waals surface area contributed by atoms with E-state index >= 15 is 0 Å². The quantitative estimate of drug-likeness (QED) is 0.935. The molecular formula is C15H17FN2OS. The summed E-state index contributed by atoms with van der Waals surface area (Å²) in [5.41, 5.74) is 1.86. The monoisotopic (exact) mass is 292 g/mol. The van der Waals surface area contributed by atoms with Crippen LogP contribution in [0.4, 0.5) is 4.39 Å². The third-order valence-corrected chi connectivity index (χ3v) is 4.28. The minimum atomic E-state index is -0.224. The van der Waals surface area contributed by atoms with Crippen molar-refractivity contribution in [2.75, 3.05) is 6.54 Å². The van der Waals surface area contributed by atoms with Crippen molar-refractivity contribution in [2.45, 2.75) is 32.4 Å². The minimum Gasteiger partial charge on any atom is -0.484 e. The fraction of sp³-hybridized carbons (Fsp3) is 0.400. The van der Waals surface area contributed by atoms with Crippen LogP contribution in [0.25, 0.3) is 0 Å². The second-order valence-electron chi connectivity index (χ2n) is 4.93. The van der Waals surface area contributed by atoms with Gasteiger partial charge in [-0.05, 0) is 31.7 Å². The van der Waals surface area contributed by atoms with E-state index in [-0.39, 0.29) is 18.0 Å². The lowest BCUT2D eigenvalue weighted by atomic mass is 9.95. The van der Waals surface area contributed by atoms with Gasteiger partial charge in [-0.15, -0.1) is 11.3 Å². The highest BCUT2D eigenvalue weighted by molar-refractivity contribution is 7.09. The van der Waals surface area contributed by atoms with Gasteiger partial charge in [0.1, 0.15) is 17.7 Å². The SMILES string of the molecule is CCNC1CC(c2csc(C)n2)Oc2ccc(F)cc21. The lowest BCUT2D eigenvalue weighted by Crippen LogP contribution is -2.29. The molecule has 0 amide bonds. The number of fused-ring (bicyclic) bond motifs is 1. The van der Waals surface area contributed by atoms with E-state index in [1.54, 1.807) is 23.5 Å². The smallest absolute Gasteiger partial charge is 0.143 e. The maximum absolute atomic E-state index is 13.4. The van der Waals surface area contributed by atoms with Crippen molar-refractivity contribution in [3.05, 3.63) is 45.7 Å². The van der Waals surface area contributed by atoms with Crippen LogP contribution in [0.5, 0.6) is 5.75 Å². The van der Waals surface area contributed by atoms with Crippen LogP contribution < -0.4 is 10.1 Å². The first kappa shape index (κ1) is 13.5. The van der Waals surface area contributed by atoms with E-state index < -0.39 is 0 Å². The third-order valence-electron chi connectivity index (χ3n) is 3.48. The molecule has 0 bridgehead atoms. The van der Waals surface area contributed by atoms with E-state index in [0.717, 1.165) is 35.0 Å². The largest absolute Gasteiger partial charge is 0.484 e. The van der Waals surface area contributed by atoms with E-state index in [2.05, 4.69) is 17.2 Å². The van der Waals surface area contributed by atoms with Gasteiger partial charge in [0.25, 0.3) is 0 Å². The van der Waals surface area contributed by atoms with Crippen LogP contribution in [0.15, 0.2) is 23.6 Å². The number of halogens is 1. The Labute approximate surface area is 121 Å². The van der Waals surface area contributed by atoms with Crippen molar-refractivity contribution < 1.29 is 9.13 Å². The van der Waals surface area contributed by atoms with Crippen LogP contribution in [0.1, 0.15) is 41.8 Å². The maximum Gasteiger partial charge on any atom is 0.143 e. The number of hydrogen-bond donors (Lipinski definition) is 1. The molecule has 2 heterocycles. The van der Waals surface area contributed by atoms with Gasteiger partial charge >= 0.3 is 0 Å². The molecule has 0 saturated heterocycles. The zero-order valence-corrected chi connectivity index (χ0v) is 12.3. The number of nitrogens with zero attached hydrogens (tertiary/aromatic N) is 1. The summed E-state index contributed by atoms with van der Waals surface area (Å²) in [5, 5.41) is 6.48. The zero-order chi connectivity index (χ0) is 14.1. The minimum absolute atomic E-state index is 0.0676. The number of rotatable bonds is 3. The van der Waals surface area contributed by atoms with E-state index in [4.69, 9.17) is 4.74 Å². The Morgan fingerprint density at radius 3 is 3.05 bits per heavy atom. The molecule has 3 rings (SSSR count). The van der Waals surface area contributed by atoms with Gasteiger partial charge in [-0.3, -0.25) is 0 Å². The van der Waals surface area contributed by atoms with Crippen LogP contribution in [0.2, 0.25) is 0 Å². The van der Waals surface area contributed by atoms with Gasteiger partial charge in [0.2, 0.25) is 0 Å². The van der Waals surface area contributed by atoms with Crippen LogP contribution in [0, 0.1) is 12.7 Å². The lowest BCUT2D eigenvalue weighted by Gasteiger charge is -2.32. The molecule has 2 aromatic rings. The van der Waals surface area contributed by atoms with Gasteiger partial charge < -0.3 is 10.1 Å². The molecule has 3 nitrogen and oxygen atoms in total. The highest BCUT2D eigenvalue weighted by Gasteiger charge is 2.30. The molecule has 1 aromatic heterocycles. The number of thiazole rings is 1. The first-order valence-electron chi connectivity index (χ1n) is 6.79. The Bertz CT molecular complexity index is 614. The topological polar surface area (TPSA) is 34.2 Å². The molecule has 0 fully saturated rings. The molecule has 1 aliphatic rings. The number of benzene rings is 1. The normalized spacial score (nSPS) is 21.4. The number of aromatic nitrogens is 1. The molecule has 0 aliphatic carbocycles. The Balaban J connectivity index is 1.94. The maximum atomic E-state index is 13.4. The van der Waals surface area contributed by atoms with Gasteiger partial charge in [0.15, 0.2) is 0 Å². The predicted molar refractivity (Wildman–Crippen MR) is 77.7 cm³/mol. The van der Waals surface area contributed by atoms with Crippen molar-refractivity contribution >= 4 is 11.3 Å². The molecule has 1 N–H and O–H groups in total. The summed E-state index contributed by atoms with van der Waals surface area (Å²) in [6.07, 6.45) is 0.704. The Morgan fingerprint density at radius 2 is 2.35 bits per heavy atom. The van der Waals surface area contributed by atoms with Crippen molar-refractivity contribution in [3.8, 4) is 5.75 Å². The summed E-state index contributed by atoms with van der Waals surface area (Å²) in [7, 11) is 0. The first-order chi connectivity index (χ1) is 9.67. The van der Waals surface area contributed by atoms with Gasteiger partial charge in [0, 0.05) is 23.4 Å². The van der Waals surface area contributed by atoms with Crippen molar-refractivity contribution in [2.24, 2.45) is 0 Å². The van der Waals surface area contributed by atoms with Crippen molar-refractivity contribution in [3.63, 3.8) is 0 Å². The summed E-state index contributed by atoms with van der Waals surface area (Å²) in [4.78, 5) is 4.51. The van der Waals surface area contributed by atoms with Gasteiger partial charge in [-0.2, -0.15) is 0 Å². The average molecular weight is 292 g/mol. The number of nitrogens with one attached hydrogen (secondary N) is 1. The number of ether oxygens (including phenoxy) is 1. The van der Waals surface area contributed by atoms with Crippen LogP contribution in [0.3, 0.4) is 0 Å². The molecule has 106 valence electrons. The standard InChI is InChI=1S/C15H17FN2OS/c1-3-17-12-7-15(13-8-20-9(2)18-13)19-14-5-4-10(16)6-11(12)14/h4-6,8,12,15,17H,3,7H2,1-2H3. The molecule has 5 heteroatoms. The van der Waals surface area contributed by atoms with Crippen LogP contribution in [-0.2, 0) is 0 Å². The Hall–Kier alpha value is -1.46. The van der Waals surface area contributed by atoms with E-state index in [1.165, 1.54) is 6.07 Å². The fourth-order valence-electron chi connectivity index (χ4n) is 2.59. The average Bonchev–Trinajstić information content (AvgIpc) is 2.86. The fourth-order valence-corrected chi connectivity index (χ4v) is 3.24. The summed E-state index contributed by atoms with van der Waals surface area (Å²) in [6.45, 7) is 4.88. The van der Waals surface area contributed by atoms with Gasteiger partial charge in [0.05, 0.1) is 10.7 Å². The number of hydrogen-bond acceptors (Lipinski definition) is 4.